The highest BCUT2D eigenvalue weighted by molar-refractivity contribution is 5.76. The van der Waals surface area contributed by atoms with Gasteiger partial charge in [-0.1, -0.05) is 18.2 Å². The van der Waals surface area contributed by atoms with Crippen LogP contribution in [0.4, 0.5) is 18.9 Å². The van der Waals surface area contributed by atoms with Gasteiger partial charge in [0.15, 0.2) is 5.65 Å². The van der Waals surface area contributed by atoms with Crippen LogP contribution in [-0.4, -0.2) is 47.3 Å². The van der Waals surface area contributed by atoms with Gasteiger partial charge in [0.25, 0.3) is 0 Å². The number of halogens is 3. The molecule has 0 unspecified atom stereocenters. The molecular weight excluding hydrogens is 475 g/mol. The zero-order valence-electron chi connectivity index (χ0n) is 19.9. The van der Waals surface area contributed by atoms with Crippen LogP contribution in [-0.2, 0) is 15.7 Å². The second kappa shape index (κ2) is 11.6. The Hall–Kier alpha value is -4.06. The minimum absolute atomic E-state index is 0.0622. The number of carbonyl (C=O) groups excluding carboxylic acids is 1. The third-order valence-electron chi connectivity index (χ3n) is 5.50. The van der Waals surface area contributed by atoms with Gasteiger partial charge < -0.3 is 26.4 Å². The molecule has 5 N–H and O–H groups in total. The Balaban J connectivity index is 0.000000345. The standard InChI is InChI=1S/C19H19F3N4O.C5H9N3O/c1-12-13(2)26-18(23-12)17(25-7-9-27-10-8-25)11-16(24-26)14-5-3-4-6-15(14)19(20,21)22;6-3-1-2-5(7)8-4-9/h3-6,11H,7-10H2,1-2H3;1-4H,6-7H2,(H,8,9)/b;3-1-,5-2+. The van der Waals surface area contributed by atoms with Crippen molar-refractivity contribution >= 4 is 17.7 Å². The number of benzene rings is 1. The Morgan fingerprint density at radius 1 is 1.19 bits per heavy atom. The van der Waals surface area contributed by atoms with Gasteiger partial charge in [-0.25, -0.2) is 9.50 Å². The summed E-state index contributed by atoms with van der Waals surface area (Å²) in [4.78, 5) is 16.4. The summed E-state index contributed by atoms with van der Waals surface area (Å²) in [6, 6.07) is 7.23. The number of fused-ring (bicyclic) bond motifs is 1. The molecular formula is C24H28F3N7O2. The Bertz CT molecular complexity index is 1260. The van der Waals surface area contributed by atoms with Crippen LogP contribution < -0.4 is 21.7 Å². The summed E-state index contributed by atoms with van der Waals surface area (Å²) < 4.78 is 47.6. The molecule has 1 amide bonds. The summed E-state index contributed by atoms with van der Waals surface area (Å²) in [6.07, 6.45) is 0.363. The smallest absolute Gasteiger partial charge is 0.405 e. The van der Waals surface area contributed by atoms with E-state index in [1.807, 2.05) is 13.8 Å². The van der Waals surface area contributed by atoms with Gasteiger partial charge in [0.1, 0.15) is 5.82 Å². The fourth-order valence-electron chi connectivity index (χ4n) is 3.62. The summed E-state index contributed by atoms with van der Waals surface area (Å²) >= 11 is 0. The second-order valence-electron chi connectivity index (χ2n) is 7.84. The van der Waals surface area contributed by atoms with Crippen LogP contribution in [0.25, 0.3) is 16.9 Å². The monoisotopic (exact) mass is 503 g/mol. The number of morpholine rings is 1. The molecule has 1 saturated heterocycles. The number of amides is 1. The number of carbonyl (C=O) groups is 1. The summed E-state index contributed by atoms with van der Waals surface area (Å²) in [6.45, 7) is 6.19. The van der Waals surface area contributed by atoms with E-state index in [0.717, 1.165) is 23.1 Å². The third-order valence-corrected chi connectivity index (χ3v) is 5.50. The van der Waals surface area contributed by atoms with E-state index >= 15 is 0 Å². The third kappa shape index (κ3) is 6.13. The van der Waals surface area contributed by atoms with Crippen LogP contribution in [0.1, 0.15) is 17.0 Å². The van der Waals surface area contributed by atoms with E-state index in [9.17, 15) is 18.0 Å². The molecule has 0 spiro atoms. The molecule has 3 aromatic rings. The highest BCUT2D eigenvalue weighted by atomic mass is 19.4. The van der Waals surface area contributed by atoms with Crippen LogP contribution >= 0.6 is 0 Å². The van der Waals surface area contributed by atoms with E-state index in [1.54, 1.807) is 16.6 Å². The van der Waals surface area contributed by atoms with E-state index in [-0.39, 0.29) is 17.1 Å². The zero-order valence-corrected chi connectivity index (χ0v) is 19.9. The van der Waals surface area contributed by atoms with Crippen LogP contribution in [0.2, 0.25) is 0 Å². The van der Waals surface area contributed by atoms with Crippen molar-refractivity contribution in [2.24, 2.45) is 11.5 Å². The molecule has 1 fully saturated rings. The quantitative estimate of drug-likeness (QED) is 0.361. The van der Waals surface area contributed by atoms with Crippen LogP contribution in [0, 0.1) is 13.8 Å². The molecule has 0 saturated carbocycles. The maximum Gasteiger partial charge on any atom is 0.417 e. The molecule has 0 bridgehead atoms. The molecule has 1 aromatic carbocycles. The van der Waals surface area contributed by atoms with Gasteiger partial charge in [0.2, 0.25) is 6.41 Å². The first-order valence-corrected chi connectivity index (χ1v) is 11.1. The minimum atomic E-state index is -4.45. The normalized spacial score (nSPS) is 14.6. The fourth-order valence-corrected chi connectivity index (χ4v) is 3.62. The van der Waals surface area contributed by atoms with Crippen molar-refractivity contribution in [3.05, 3.63) is 71.5 Å². The Morgan fingerprint density at radius 3 is 2.53 bits per heavy atom. The van der Waals surface area contributed by atoms with E-state index in [4.69, 9.17) is 16.2 Å². The molecule has 2 aromatic heterocycles. The van der Waals surface area contributed by atoms with Crippen molar-refractivity contribution in [3.63, 3.8) is 0 Å². The molecule has 0 aliphatic carbocycles. The second-order valence-corrected chi connectivity index (χ2v) is 7.84. The first-order chi connectivity index (χ1) is 17.2. The van der Waals surface area contributed by atoms with Gasteiger partial charge in [0.05, 0.1) is 41.5 Å². The summed E-state index contributed by atoms with van der Waals surface area (Å²) in [5.74, 6) is 0.270. The van der Waals surface area contributed by atoms with Gasteiger partial charge in [-0.15, -0.1) is 0 Å². The molecule has 9 nitrogen and oxygen atoms in total. The molecule has 36 heavy (non-hydrogen) atoms. The lowest BCUT2D eigenvalue weighted by atomic mass is 10.0. The number of ether oxygens (including phenoxy) is 1. The van der Waals surface area contributed by atoms with Crippen molar-refractivity contribution in [3.8, 4) is 11.3 Å². The average molecular weight is 504 g/mol. The average Bonchev–Trinajstić information content (AvgIpc) is 3.16. The van der Waals surface area contributed by atoms with Crippen LogP contribution in [0.5, 0.6) is 0 Å². The van der Waals surface area contributed by atoms with E-state index < -0.39 is 11.7 Å². The zero-order chi connectivity index (χ0) is 26.3. The molecule has 1 aliphatic rings. The van der Waals surface area contributed by atoms with Crippen molar-refractivity contribution in [1.29, 1.82) is 0 Å². The van der Waals surface area contributed by atoms with Crippen molar-refractivity contribution in [2.75, 3.05) is 31.2 Å². The Morgan fingerprint density at radius 2 is 1.89 bits per heavy atom. The molecule has 0 atom stereocenters. The Labute approximate surface area is 206 Å². The van der Waals surface area contributed by atoms with Gasteiger partial charge in [-0.05, 0) is 44.3 Å². The summed E-state index contributed by atoms with van der Waals surface area (Å²) in [5, 5.41) is 6.72. The molecule has 1 aliphatic heterocycles. The van der Waals surface area contributed by atoms with E-state index in [0.29, 0.717) is 38.4 Å². The Kier molecular flexibility index (Phi) is 8.54. The van der Waals surface area contributed by atoms with Gasteiger partial charge in [0, 0.05) is 18.7 Å². The predicted molar refractivity (Wildman–Crippen MR) is 131 cm³/mol. The maximum absolute atomic E-state index is 13.5. The number of nitrogens with zero attached hydrogens (tertiary/aromatic N) is 4. The molecule has 3 heterocycles. The highest BCUT2D eigenvalue weighted by Crippen LogP contribution is 2.38. The van der Waals surface area contributed by atoms with E-state index in [2.05, 4.69) is 20.3 Å². The molecule has 192 valence electrons. The van der Waals surface area contributed by atoms with E-state index in [1.165, 1.54) is 30.5 Å². The summed E-state index contributed by atoms with van der Waals surface area (Å²) in [7, 11) is 0. The fraction of sp³-hybridized carbons (Fsp3) is 0.292. The first kappa shape index (κ1) is 26.5. The van der Waals surface area contributed by atoms with Crippen LogP contribution in [0.15, 0.2) is 54.5 Å². The maximum atomic E-state index is 13.5. The van der Waals surface area contributed by atoms with Gasteiger partial charge in [-0.3, -0.25) is 4.79 Å². The number of hydrogen-bond acceptors (Lipinski definition) is 7. The number of aromatic nitrogens is 3. The number of aryl methyl sites for hydroxylation is 2. The van der Waals surface area contributed by atoms with Gasteiger partial charge in [-0.2, -0.15) is 18.3 Å². The number of nitrogens with two attached hydrogens (primary N) is 2. The first-order valence-electron chi connectivity index (χ1n) is 11.1. The van der Waals surface area contributed by atoms with Crippen molar-refractivity contribution < 1.29 is 22.7 Å². The van der Waals surface area contributed by atoms with Crippen LogP contribution in [0.3, 0.4) is 0 Å². The molecule has 4 rings (SSSR count). The predicted octanol–water partition coefficient (Wildman–Crippen LogP) is 2.87. The number of rotatable bonds is 5. The van der Waals surface area contributed by atoms with Crippen molar-refractivity contribution in [1.82, 2.24) is 19.9 Å². The lowest BCUT2D eigenvalue weighted by molar-refractivity contribution is -0.137. The highest BCUT2D eigenvalue weighted by Gasteiger charge is 2.34. The summed E-state index contributed by atoms with van der Waals surface area (Å²) in [5.41, 5.74) is 12.8. The van der Waals surface area contributed by atoms with Gasteiger partial charge >= 0.3 is 6.18 Å². The lowest BCUT2D eigenvalue weighted by Gasteiger charge is -2.29. The number of hydrogen-bond donors (Lipinski definition) is 3. The number of anilines is 1. The number of allylic oxidation sites excluding steroid dienone is 2. The molecule has 0 radical (unpaired) electrons. The number of imidazole rings is 1. The molecule has 12 heteroatoms. The number of nitrogens with one attached hydrogen (secondary N) is 1. The minimum Gasteiger partial charge on any atom is -0.405 e. The topological polar surface area (TPSA) is 124 Å². The largest absolute Gasteiger partial charge is 0.417 e. The lowest BCUT2D eigenvalue weighted by Crippen LogP contribution is -2.36. The SMILES string of the molecule is Cc1nc2c(N3CCOCC3)cc(-c3ccccc3C(F)(F)F)nn2c1C.N/C=C\C=C(/N)NC=O. The van der Waals surface area contributed by atoms with Crippen molar-refractivity contribution in [2.45, 2.75) is 20.0 Å². The number of alkyl halides is 3.